The molecule has 2 heterocycles. The molecule has 27 heavy (non-hydrogen) atoms. The predicted octanol–water partition coefficient (Wildman–Crippen LogP) is 4.74. The van der Waals surface area contributed by atoms with Crippen molar-refractivity contribution in [3.8, 4) is 0 Å². The summed E-state index contributed by atoms with van der Waals surface area (Å²) in [7, 11) is 0. The second-order valence-corrected chi connectivity index (χ2v) is 9.46. The smallest absolute Gasteiger partial charge is 0.239 e. The van der Waals surface area contributed by atoms with Gasteiger partial charge >= 0.3 is 0 Å². The fourth-order valence-electron chi connectivity index (χ4n) is 2.86. The number of hydrogen-bond donors (Lipinski definition) is 0. The summed E-state index contributed by atoms with van der Waals surface area (Å²) in [5, 5.41) is 14.0. The molecule has 1 aliphatic carbocycles. The fourth-order valence-corrected chi connectivity index (χ4v) is 3.74. The quantitative estimate of drug-likeness (QED) is 0.573. The summed E-state index contributed by atoms with van der Waals surface area (Å²) in [5.74, 6) is 3.00. The minimum atomic E-state index is -0.126. The molecular formula is C20H25N5OS. The molecule has 2 aromatic heterocycles. The van der Waals surface area contributed by atoms with E-state index in [4.69, 9.17) is 4.52 Å². The van der Waals surface area contributed by atoms with E-state index in [0.29, 0.717) is 11.8 Å². The standard InChI is InChI=1S/C20H25N5OS/c1-13(17-21-18(24-26-17)20(2,3)4)27-19-23-22-16(15-10-11-15)25(19)12-14-8-6-5-7-9-14/h5-9,13,15H,10-12H2,1-4H3. The van der Waals surface area contributed by atoms with Gasteiger partial charge in [-0.15, -0.1) is 10.2 Å². The van der Waals surface area contributed by atoms with Crippen LogP contribution in [0.1, 0.15) is 74.8 Å². The molecule has 142 valence electrons. The largest absolute Gasteiger partial charge is 0.338 e. The molecule has 0 saturated heterocycles. The molecule has 0 N–H and O–H groups in total. The normalized spacial score (nSPS) is 15.9. The maximum absolute atomic E-state index is 5.51. The highest BCUT2D eigenvalue weighted by Crippen LogP contribution is 2.42. The first-order chi connectivity index (χ1) is 12.9. The van der Waals surface area contributed by atoms with E-state index < -0.39 is 0 Å². The molecule has 1 aromatic carbocycles. The molecular weight excluding hydrogens is 358 g/mol. The van der Waals surface area contributed by atoms with Crippen molar-refractivity contribution < 1.29 is 4.52 Å². The van der Waals surface area contributed by atoms with Crippen LogP contribution in [0.2, 0.25) is 0 Å². The van der Waals surface area contributed by atoms with Gasteiger partial charge in [0.1, 0.15) is 5.82 Å². The van der Waals surface area contributed by atoms with Gasteiger partial charge in [-0.1, -0.05) is 68.0 Å². The summed E-state index contributed by atoms with van der Waals surface area (Å²) in [5.41, 5.74) is 1.13. The van der Waals surface area contributed by atoms with E-state index in [0.717, 1.165) is 23.4 Å². The molecule has 4 rings (SSSR count). The van der Waals surface area contributed by atoms with Crippen LogP contribution in [0.4, 0.5) is 0 Å². The summed E-state index contributed by atoms with van der Waals surface area (Å²) < 4.78 is 7.76. The van der Waals surface area contributed by atoms with Crippen LogP contribution < -0.4 is 0 Å². The molecule has 7 heteroatoms. The Balaban J connectivity index is 1.57. The first-order valence-corrected chi connectivity index (χ1v) is 10.3. The summed E-state index contributed by atoms with van der Waals surface area (Å²) in [6.07, 6.45) is 2.40. The molecule has 0 amide bonds. The average Bonchev–Trinajstić information content (AvgIpc) is 3.20. The lowest BCUT2D eigenvalue weighted by atomic mass is 9.96. The van der Waals surface area contributed by atoms with Crippen molar-refractivity contribution in [3.63, 3.8) is 0 Å². The van der Waals surface area contributed by atoms with Crippen molar-refractivity contribution in [1.82, 2.24) is 24.9 Å². The van der Waals surface area contributed by atoms with Gasteiger partial charge in [0, 0.05) is 11.3 Å². The van der Waals surface area contributed by atoms with Crippen molar-refractivity contribution in [2.75, 3.05) is 0 Å². The van der Waals surface area contributed by atoms with Gasteiger partial charge in [0.05, 0.1) is 11.8 Å². The van der Waals surface area contributed by atoms with Crippen molar-refractivity contribution in [2.24, 2.45) is 0 Å². The number of nitrogens with zero attached hydrogens (tertiary/aromatic N) is 5. The summed E-state index contributed by atoms with van der Waals surface area (Å²) >= 11 is 1.63. The molecule has 0 bridgehead atoms. The Morgan fingerprint density at radius 2 is 1.93 bits per heavy atom. The van der Waals surface area contributed by atoms with Gasteiger partial charge in [-0.05, 0) is 25.3 Å². The van der Waals surface area contributed by atoms with Crippen LogP contribution in [-0.4, -0.2) is 24.9 Å². The van der Waals surface area contributed by atoms with Crippen LogP contribution >= 0.6 is 11.8 Å². The third-order valence-electron chi connectivity index (χ3n) is 4.61. The Labute approximate surface area is 163 Å². The maximum atomic E-state index is 5.51. The third kappa shape index (κ3) is 4.08. The number of benzene rings is 1. The highest BCUT2D eigenvalue weighted by molar-refractivity contribution is 7.99. The highest BCUT2D eigenvalue weighted by atomic mass is 32.2. The van der Waals surface area contributed by atoms with E-state index in [1.807, 2.05) is 6.07 Å². The molecule has 1 fully saturated rings. The number of hydrogen-bond acceptors (Lipinski definition) is 6. The van der Waals surface area contributed by atoms with Gasteiger partial charge in [-0.3, -0.25) is 0 Å². The lowest BCUT2D eigenvalue weighted by Crippen LogP contribution is -2.13. The SMILES string of the molecule is CC(Sc1nnc(C2CC2)n1Cc1ccccc1)c1nc(C(C)(C)C)no1. The molecule has 6 nitrogen and oxygen atoms in total. The Kier molecular flexibility index (Phi) is 4.80. The Morgan fingerprint density at radius 1 is 1.19 bits per heavy atom. The van der Waals surface area contributed by atoms with E-state index in [1.54, 1.807) is 11.8 Å². The molecule has 3 aromatic rings. The van der Waals surface area contributed by atoms with E-state index in [9.17, 15) is 0 Å². The van der Waals surface area contributed by atoms with Crippen molar-refractivity contribution in [3.05, 3.63) is 53.4 Å². The zero-order valence-electron chi connectivity index (χ0n) is 16.2. The highest BCUT2D eigenvalue weighted by Gasteiger charge is 2.31. The van der Waals surface area contributed by atoms with Gasteiger partial charge in [0.25, 0.3) is 0 Å². The van der Waals surface area contributed by atoms with E-state index >= 15 is 0 Å². The molecule has 1 saturated carbocycles. The van der Waals surface area contributed by atoms with Crippen LogP contribution in [0.3, 0.4) is 0 Å². The minimum absolute atomic E-state index is 0.0133. The fraction of sp³-hybridized carbons (Fsp3) is 0.500. The lowest BCUT2D eigenvalue weighted by Gasteiger charge is -2.12. The topological polar surface area (TPSA) is 69.6 Å². The summed E-state index contributed by atoms with van der Waals surface area (Å²) in [6, 6.07) is 10.5. The molecule has 1 unspecified atom stereocenters. The molecule has 1 atom stereocenters. The zero-order chi connectivity index (χ0) is 19.0. The first-order valence-electron chi connectivity index (χ1n) is 9.39. The van der Waals surface area contributed by atoms with Gasteiger partial charge in [0.2, 0.25) is 5.89 Å². The summed E-state index contributed by atoms with van der Waals surface area (Å²) in [6.45, 7) is 9.10. The number of rotatable bonds is 6. The lowest BCUT2D eigenvalue weighted by molar-refractivity contribution is 0.364. The maximum Gasteiger partial charge on any atom is 0.239 e. The zero-order valence-corrected chi connectivity index (χ0v) is 17.0. The predicted molar refractivity (Wildman–Crippen MR) is 105 cm³/mol. The number of aromatic nitrogens is 5. The van der Waals surface area contributed by atoms with Gasteiger partial charge < -0.3 is 9.09 Å². The second kappa shape index (κ2) is 7.11. The van der Waals surface area contributed by atoms with Crippen molar-refractivity contribution in [1.29, 1.82) is 0 Å². The molecule has 0 aliphatic heterocycles. The Bertz CT molecular complexity index is 908. The Morgan fingerprint density at radius 3 is 2.56 bits per heavy atom. The van der Waals surface area contributed by atoms with Gasteiger partial charge in [0.15, 0.2) is 11.0 Å². The Hall–Kier alpha value is -2.15. The molecule has 0 radical (unpaired) electrons. The van der Waals surface area contributed by atoms with Gasteiger partial charge in [-0.25, -0.2) is 0 Å². The third-order valence-corrected chi connectivity index (χ3v) is 5.68. The van der Waals surface area contributed by atoms with Crippen LogP contribution in [-0.2, 0) is 12.0 Å². The van der Waals surface area contributed by atoms with Crippen molar-refractivity contribution in [2.45, 2.75) is 68.8 Å². The first kappa shape index (κ1) is 18.2. The monoisotopic (exact) mass is 383 g/mol. The van der Waals surface area contributed by atoms with Crippen LogP contribution in [0, 0.1) is 0 Å². The van der Waals surface area contributed by atoms with Gasteiger partial charge in [-0.2, -0.15) is 4.98 Å². The van der Waals surface area contributed by atoms with E-state index in [1.165, 1.54) is 18.4 Å². The van der Waals surface area contributed by atoms with Crippen LogP contribution in [0.25, 0.3) is 0 Å². The molecule has 0 spiro atoms. The molecule has 1 aliphatic rings. The van der Waals surface area contributed by atoms with E-state index in [-0.39, 0.29) is 10.7 Å². The van der Waals surface area contributed by atoms with Crippen LogP contribution in [0.5, 0.6) is 0 Å². The van der Waals surface area contributed by atoms with E-state index in [2.05, 4.69) is 76.9 Å². The number of thioether (sulfide) groups is 1. The minimum Gasteiger partial charge on any atom is -0.338 e. The average molecular weight is 384 g/mol. The summed E-state index contributed by atoms with van der Waals surface area (Å²) in [4.78, 5) is 4.59. The van der Waals surface area contributed by atoms with Crippen LogP contribution in [0.15, 0.2) is 40.0 Å². The van der Waals surface area contributed by atoms with Crippen molar-refractivity contribution >= 4 is 11.8 Å². The second-order valence-electron chi connectivity index (χ2n) is 8.15.